The molecule has 0 unspecified atom stereocenters. The molecule has 0 amide bonds. The van der Waals surface area contributed by atoms with Gasteiger partial charge in [-0.15, -0.1) is 0 Å². The minimum Gasteiger partial charge on any atom is -0.393 e. The Kier molecular flexibility index (Phi) is 3.33. The molecule has 5 heteroatoms. The van der Waals surface area contributed by atoms with E-state index in [-0.39, 0.29) is 11.4 Å². The Morgan fingerprint density at radius 2 is 2.12 bits per heavy atom. The summed E-state index contributed by atoms with van der Waals surface area (Å²) in [4.78, 5) is 10.4. The predicted octanol–water partition coefficient (Wildman–Crippen LogP) is 3.79. The van der Waals surface area contributed by atoms with Crippen molar-refractivity contribution in [2.45, 2.75) is 25.7 Å². The second-order valence-electron chi connectivity index (χ2n) is 4.12. The molecule has 90 valence electrons. The zero-order valence-electron chi connectivity index (χ0n) is 9.28. The molecule has 0 aliphatic heterocycles. The van der Waals surface area contributed by atoms with Crippen LogP contribution in [0.4, 0.5) is 11.4 Å². The highest BCUT2D eigenvalue weighted by molar-refractivity contribution is 6.31. The largest absolute Gasteiger partial charge is 0.393 e. The normalized spacial score (nSPS) is 15.5. The fourth-order valence-corrected chi connectivity index (χ4v) is 2.32. The third-order valence-corrected chi connectivity index (χ3v) is 3.17. The second-order valence-corrected chi connectivity index (χ2v) is 4.55. The highest BCUT2D eigenvalue weighted by Gasteiger charge is 2.19. The lowest BCUT2D eigenvalue weighted by atomic mass is 9.92. The van der Waals surface area contributed by atoms with Gasteiger partial charge in [0, 0.05) is 16.7 Å². The van der Waals surface area contributed by atoms with Gasteiger partial charge >= 0.3 is 0 Å². The number of hydrogen-bond donors (Lipinski definition) is 1. The van der Waals surface area contributed by atoms with Crippen molar-refractivity contribution in [2.24, 2.45) is 0 Å². The maximum Gasteiger partial charge on any atom is 0.294 e. The first-order valence-corrected chi connectivity index (χ1v) is 5.90. The Hall–Kier alpha value is -1.55. The van der Waals surface area contributed by atoms with Crippen molar-refractivity contribution in [1.82, 2.24) is 0 Å². The Morgan fingerprint density at radius 3 is 2.71 bits per heavy atom. The van der Waals surface area contributed by atoms with Crippen LogP contribution in [-0.2, 0) is 0 Å². The SMILES string of the molecule is Nc1c(C2=CCCCC2)cc(Cl)cc1[N+](=O)[O-]. The van der Waals surface area contributed by atoms with E-state index in [9.17, 15) is 10.1 Å². The molecule has 4 nitrogen and oxygen atoms in total. The first-order chi connectivity index (χ1) is 8.09. The van der Waals surface area contributed by atoms with Crippen LogP contribution in [0.2, 0.25) is 5.02 Å². The minimum absolute atomic E-state index is 0.112. The van der Waals surface area contributed by atoms with Gasteiger partial charge in [0.15, 0.2) is 0 Å². The van der Waals surface area contributed by atoms with E-state index >= 15 is 0 Å². The standard InChI is InChI=1S/C12H13ClN2O2/c13-9-6-10(8-4-2-1-3-5-8)12(14)11(7-9)15(16)17/h4,6-7H,1-3,5,14H2. The van der Waals surface area contributed by atoms with Gasteiger partial charge in [0.1, 0.15) is 5.69 Å². The van der Waals surface area contributed by atoms with Crippen LogP contribution in [-0.4, -0.2) is 4.92 Å². The number of nitro benzene ring substituents is 1. The monoisotopic (exact) mass is 252 g/mol. The van der Waals surface area contributed by atoms with E-state index in [1.807, 2.05) is 0 Å². The number of nitrogen functional groups attached to an aromatic ring is 1. The van der Waals surface area contributed by atoms with Gasteiger partial charge in [0.25, 0.3) is 5.69 Å². The molecule has 1 aromatic carbocycles. The number of hydrogen-bond acceptors (Lipinski definition) is 3. The Balaban J connectivity index is 2.53. The van der Waals surface area contributed by atoms with Crippen molar-refractivity contribution in [1.29, 1.82) is 0 Å². The van der Waals surface area contributed by atoms with Gasteiger partial charge in [-0.25, -0.2) is 0 Å². The van der Waals surface area contributed by atoms with Gasteiger partial charge in [0.05, 0.1) is 4.92 Å². The molecule has 0 aromatic heterocycles. The summed E-state index contributed by atoms with van der Waals surface area (Å²) in [5.74, 6) is 0. The zero-order valence-corrected chi connectivity index (χ0v) is 10.0. The quantitative estimate of drug-likeness (QED) is 0.495. The zero-order chi connectivity index (χ0) is 12.4. The molecule has 0 saturated heterocycles. The molecular formula is C12H13ClN2O2. The highest BCUT2D eigenvalue weighted by Crippen LogP contribution is 2.37. The number of anilines is 1. The predicted molar refractivity (Wildman–Crippen MR) is 69.0 cm³/mol. The van der Waals surface area contributed by atoms with Gasteiger partial charge in [-0.1, -0.05) is 17.7 Å². The van der Waals surface area contributed by atoms with Gasteiger partial charge in [-0.2, -0.15) is 0 Å². The summed E-state index contributed by atoms with van der Waals surface area (Å²) in [7, 11) is 0. The van der Waals surface area contributed by atoms with Crippen molar-refractivity contribution in [3.05, 3.63) is 38.9 Å². The maximum atomic E-state index is 10.9. The van der Waals surface area contributed by atoms with Crippen LogP contribution >= 0.6 is 11.6 Å². The molecule has 0 spiro atoms. The summed E-state index contributed by atoms with van der Waals surface area (Å²) in [6, 6.07) is 3.00. The van der Waals surface area contributed by atoms with Crippen LogP contribution in [0, 0.1) is 10.1 Å². The molecule has 1 aliphatic rings. The van der Waals surface area contributed by atoms with Gasteiger partial charge < -0.3 is 5.73 Å². The van der Waals surface area contributed by atoms with Crippen molar-refractivity contribution >= 4 is 28.5 Å². The Bertz CT molecular complexity index is 498. The lowest BCUT2D eigenvalue weighted by Crippen LogP contribution is -2.02. The molecule has 1 aliphatic carbocycles. The van der Waals surface area contributed by atoms with E-state index in [1.165, 1.54) is 6.07 Å². The van der Waals surface area contributed by atoms with Crippen LogP contribution in [0.1, 0.15) is 31.2 Å². The van der Waals surface area contributed by atoms with E-state index < -0.39 is 4.92 Å². The van der Waals surface area contributed by atoms with Crippen LogP contribution in [0.5, 0.6) is 0 Å². The fraction of sp³-hybridized carbons (Fsp3) is 0.333. The van der Waals surface area contributed by atoms with Crippen LogP contribution in [0.25, 0.3) is 5.57 Å². The molecule has 17 heavy (non-hydrogen) atoms. The van der Waals surface area contributed by atoms with Gasteiger partial charge in [0.2, 0.25) is 0 Å². The molecule has 1 aromatic rings. The lowest BCUT2D eigenvalue weighted by Gasteiger charge is -2.15. The summed E-state index contributed by atoms with van der Waals surface area (Å²) < 4.78 is 0. The van der Waals surface area contributed by atoms with Crippen LogP contribution in [0.3, 0.4) is 0 Å². The summed E-state index contributed by atoms with van der Waals surface area (Å²) in [5.41, 5.74) is 7.73. The van der Waals surface area contributed by atoms with Crippen molar-refractivity contribution in [3.63, 3.8) is 0 Å². The average molecular weight is 253 g/mol. The lowest BCUT2D eigenvalue weighted by molar-refractivity contribution is -0.383. The molecule has 0 bridgehead atoms. The third-order valence-electron chi connectivity index (χ3n) is 2.96. The highest BCUT2D eigenvalue weighted by atomic mass is 35.5. The van der Waals surface area contributed by atoms with Crippen molar-refractivity contribution in [3.8, 4) is 0 Å². The number of benzene rings is 1. The number of nitro groups is 1. The number of allylic oxidation sites excluding steroid dienone is 2. The van der Waals surface area contributed by atoms with E-state index in [0.29, 0.717) is 10.6 Å². The number of halogens is 1. The average Bonchev–Trinajstić information content (AvgIpc) is 2.32. The molecular weight excluding hydrogens is 240 g/mol. The topological polar surface area (TPSA) is 69.2 Å². The molecule has 0 fully saturated rings. The summed E-state index contributed by atoms with van der Waals surface area (Å²) in [6.07, 6.45) is 6.24. The van der Waals surface area contributed by atoms with Gasteiger partial charge in [-0.3, -0.25) is 10.1 Å². The Labute approximate surface area is 104 Å². The number of nitrogens with zero attached hydrogens (tertiary/aromatic N) is 1. The number of nitrogens with two attached hydrogens (primary N) is 1. The first kappa shape index (κ1) is 11.9. The third kappa shape index (κ3) is 2.42. The second kappa shape index (κ2) is 4.75. The molecule has 2 N–H and O–H groups in total. The van der Waals surface area contributed by atoms with Crippen LogP contribution < -0.4 is 5.73 Å². The Morgan fingerprint density at radius 1 is 1.35 bits per heavy atom. The molecule has 0 saturated carbocycles. The summed E-state index contributed by atoms with van der Waals surface area (Å²) in [6.45, 7) is 0. The fourth-order valence-electron chi connectivity index (χ4n) is 2.10. The summed E-state index contributed by atoms with van der Waals surface area (Å²) in [5, 5.41) is 11.2. The molecule has 2 rings (SSSR count). The van der Waals surface area contributed by atoms with Crippen molar-refractivity contribution < 1.29 is 4.92 Å². The van der Waals surface area contributed by atoms with E-state index in [0.717, 1.165) is 31.3 Å². The molecule has 0 atom stereocenters. The summed E-state index contributed by atoms with van der Waals surface area (Å²) >= 11 is 5.90. The van der Waals surface area contributed by atoms with E-state index in [4.69, 9.17) is 17.3 Å². The molecule has 0 radical (unpaired) electrons. The number of rotatable bonds is 2. The smallest absolute Gasteiger partial charge is 0.294 e. The maximum absolute atomic E-state index is 10.9. The first-order valence-electron chi connectivity index (χ1n) is 5.52. The van der Waals surface area contributed by atoms with Crippen LogP contribution in [0.15, 0.2) is 18.2 Å². The van der Waals surface area contributed by atoms with E-state index in [1.54, 1.807) is 6.07 Å². The van der Waals surface area contributed by atoms with Crippen molar-refractivity contribution in [2.75, 3.05) is 5.73 Å². The minimum atomic E-state index is -0.492. The van der Waals surface area contributed by atoms with E-state index in [2.05, 4.69) is 6.08 Å². The molecule has 0 heterocycles. The van der Waals surface area contributed by atoms with Gasteiger partial charge in [-0.05, 0) is 37.3 Å².